The van der Waals surface area contributed by atoms with Crippen molar-refractivity contribution in [3.63, 3.8) is 0 Å². The maximum absolute atomic E-state index is 6.12. The fourth-order valence-electron chi connectivity index (χ4n) is 3.45. The number of nitrogens with one attached hydrogen (secondary N) is 2. The minimum atomic E-state index is 0. The summed E-state index contributed by atoms with van der Waals surface area (Å²) in [4.78, 5) is 4.31. The summed E-state index contributed by atoms with van der Waals surface area (Å²) in [7, 11) is 1.77. The van der Waals surface area contributed by atoms with Gasteiger partial charge in [0.05, 0.1) is 16.1 Å². The van der Waals surface area contributed by atoms with Crippen molar-refractivity contribution < 1.29 is 0 Å². The van der Waals surface area contributed by atoms with Gasteiger partial charge in [0.25, 0.3) is 0 Å². The van der Waals surface area contributed by atoms with Crippen molar-refractivity contribution in [1.29, 1.82) is 0 Å². The quantitative estimate of drug-likeness (QED) is 0.235. The van der Waals surface area contributed by atoms with E-state index in [0.717, 1.165) is 55.5 Å². The monoisotopic (exact) mass is 550 g/mol. The van der Waals surface area contributed by atoms with Crippen LogP contribution < -0.4 is 10.6 Å². The van der Waals surface area contributed by atoms with Crippen LogP contribution >= 0.6 is 47.2 Å². The Morgan fingerprint density at radius 1 is 1.21 bits per heavy atom. The second-order valence-electron chi connectivity index (χ2n) is 7.14. The van der Waals surface area contributed by atoms with Gasteiger partial charge >= 0.3 is 0 Å². The molecule has 1 atom stereocenters. The topological polar surface area (TPSA) is 67.1 Å². The second-order valence-corrected chi connectivity index (χ2v) is 7.95. The average Bonchev–Trinajstić information content (AvgIpc) is 2.92. The van der Waals surface area contributed by atoms with Crippen molar-refractivity contribution in [2.45, 2.75) is 58.0 Å². The molecule has 0 fully saturated rings. The number of aromatic nitrogens is 3. The van der Waals surface area contributed by atoms with E-state index in [1.165, 1.54) is 19.3 Å². The normalized spacial score (nSPS) is 15.1. The van der Waals surface area contributed by atoms with Gasteiger partial charge in [-0.05, 0) is 43.9 Å². The van der Waals surface area contributed by atoms with Crippen molar-refractivity contribution in [3.05, 3.63) is 45.5 Å². The van der Waals surface area contributed by atoms with Crippen LogP contribution in [0.25, 0.3) is 0 Å². The van der Waals surface area contributed by atoms with Crippen molar-refractivity contribution in [2.75, 3.05) is 13.6 Å². The van der Waals surface area contributed by atoms with Gasteiger partial charge in [0.15, 0.2) is 5.96 Å². The Morgan fingerprint density at radius 2 is 2.03 bits per heavy atom. The summed E-state index contributed by atoms with van der Waals surface area (Å²) in [5, 5.41) is 16.6. The first-order valence-electron chi connectivity index (χ1n) is 9.91. The largest absolute Gasteiger partial charge is 0.356 e. The lowest BCUT2D eigenvalue weighted by Gasteiger charge is -2.18. The first-order valence-corrected chi connectivity index (χ1v) is 10.7. The van der Waals surface area contributed by atoms with Crippen molar-refractivity contribution in [2.24, 2.45) is 4.99 Å². The third-order valence-electron chi connectivity index (χ3n) is 5.08. The third-order valence-corrected chi connectivity index (χ3v) is 5.82. The van der Waals surface area contributed by atoms with Gasteiger partial charge in [-0.2, -0.15) is 0 Å². The molecule has 0 bridgehead atoms. The fraction of sp³-hybridized carbons (Fsp3) is 0.550. The highest BCUT2D eigenvalue weighted by molar-refractivity contribution is 14.0. The van der Waals surface area contributed by atoms with Crippen LogP contribution in [-0.2, 0) is 19.4 Å². The molecule has 3 rings (SSSR count). The van der Waals surface area contributed by atoms with Gasteiger partial charge in [0.2, 0.25) is 0 Å². The van der Waals surface area contributed by atoms with Gasteiger partial charge in [-0.1, -0.05) is 35.7 Å². The summed E-state index contributed by atoms with van der Waals surface area (Å²) in [5.74, 6) is 3.01. The predicted octanol–water partition coefficient (Wildman–Crippen LogP) is 4.79. The molecule has 1 aliphatic heterocycles. The highest BCUT2D eigenvalue weighted by Crippen LogP contribution is 2.25. The number of hydrogen-bond acceptors (Lipinski definition) is 3. The molecule has 0 amide bonds. The number of aliphatic imine (C=N–C) groups is 1. The Kier molecular flexibility index (Phi) is 9.98. The predicted molar refractivity (Wildman–Crippen MR) is 131 cm³/mol. The summed E-state index contributed by atoms with van der Waals surface area (Å²) in [5.41, 5.74) is 1.06. The van der Waals surface area contributed by atoms with Gasteiger partial charge < -0.3 is 15.2 Å². The zero-order chi connectivity index (χ0) is 19.9. The first-order chi connectivity index (χ1) is 13.6. The minimum absolute atomic E-state index is 0. The summed E-state index contributed by atoms with van der Waals surface area (Å²) in [6.07, 6.45) is 6.66. The fourth-order valence-corrected chi connectivity index (χ4v) is 3.75. The van der Waals surface area contributed by atoms with Crippen LogP contribution in [-0.4, -0.2) is 34.3 Å². The number of halogens is 3. The van der Waals surface area contributed by atoms with E-state index in [1.807, 2.05) is 18.2 Å². The Hall–Kier alpha value is -1.06. The average molecular weight is 551 g/mol. The number of fused-ring (bicyclic) bond motifs is 1. The lowest BCUT2D eigenvalue weighted by Crippen LogP contribution is -2.39. The van der Waals surface area contributed by atoms with Crippen LogP contribution in [0.2, 0.25) is 10.0 Å². The van der Waals surface area contributed by atoms with Crippen molar-refractivity contribution in [3.8, 4) is 0 Å². The third kappa shape index (κ3) is 6.72. The molecule has 2 aromatic rings. The smallest absolute Gasteiger partial charge is 0.191 e. The molecule has 0 saturated carbocycles. The van der Waals surface area contributed by atoms with Crippen molar-refractivity contribution >= 4 is 53.1 Å². The molecule has 29 heavy (non-hydrogen) atoms. The molecule has 2 heterocycles. The molecule has 160 valence electrons. The number of nitrogens with zero attached hydrogens (tertiary/aromatic N) is 4. The summed E-state index contributed by atoms with van der Waals surface area (Å²) >= 11 is 12.1. The standard InChI is InChI=1S/C20H28Cl2N6.HI/c1-14(15-9-10-16(21)17(22)13-15)25-20(23-2)24-11-6-8-19-27-26-18-7-4-3-5-12-28(18)19;/h9-10,13-14H,3-8,11-12H2,1-2H3,(H2,23,24,25);1H. The Labute approximate surface area is 199 Å². The SMILES string of the molecule is CN=C(NCCCc1nnc2n1CCCCC2)NC(C)c1ccc(Cl)c(Cl)c1.I. The maximum Gasteiger partial charge on any atom is 0.191 e. The van der Waals surface area contributed by atoms with E-state index in [4.69, 9.17) is 23.2 Å². The molecule has 0 spiro atoms. The number of rotatable bonds is 6. The van der Waals surface area contributed by atoms with E-state index in [2.05, 4.69) is 37.3 Å². The van der Waals surface area contributed by atoms with E-state index in [-0.39, 0.29) is 30.0 Å². The molecule has 0 saturated heterocycles. The highest BCUT2D eigenvalue weighted by Gasteiger charge is 2.14. The number of benzene rings is 1. The molecule has 1 unspecified atom stereocenters. The molecule has 0 aliphatic carbocycles. The van der Waals surface area contributed by atoms with Crippen LogP contribution in [0, 0.1) is 0 Å². The van der Waals surface area contributed by atoms with Gasteiger partial charge in [-0.3, -0.25) is 4.99 Å². The summed E-state index contributed by atoms with van der Waals surface area (Å²) in [6.45, 7) is 3.93. The van der Waals surface area contributed by atoms with E-state index < -0.39 is 0 Å². The molecular formula is C20H29Cl2IN6. The summed E-state index contributed by atoms with van der Waals surface area (Å²) < 4.78 is 2.31. The molecule has 1 aromatic heterocycles. The van der Waals surface area contributed by atoms with E-state index in [1.54, 1.807) is 7.05 Å². The van der Waals surface area contributed by atoms with Crippen LogP contribution in [0.15, 0.2) is 23.2 Å². The van der Waals surface area contributed by atoms with Crippen LogP contribution in [0.4, 0.5) is 0 Å². The maximum atomic E-state index is 6.12. The van der Waals surface area contributed by atoms with E-state index in [9.17, 15) is 0 Å². The molecule has 0 radical (unpaired) electrons. The second kappa shape index (κ2) is 12.0. The molecular weight excluding hydrogens is 522 g/mol. The molecule has 2 N–H and O–H groups in total. The lowest BCUT2D eigenvalue weighted by molar-refractivity contribution is 0.592. The Morgan fingerprint density at radius 3 is 2.79 bits per heavy atom. The van der Waals surface area contributed by atoms with Crippen LogP contribution in [0.5, 0.6) is 0 Å². The van der Waals surface area contributed by atoms with Gasteiger partial charge in [-0.25, -0.2) is 0 Å². The van der Waals surface area contributed by atoms with Gasteiger partial charge in [0.1, 0.15) is 11.6 Å². The molecule has 1 aliphatic rings. The molecule has 1 aromatic carbocycles. The zero-order valence-electron chi connectivity index (χ0n) is 16.9. The van der Waals surface area contributed by atoms with Gasteiger partial charge in [0, 0.05) is 33.0 Å². The lowest BCUT2D eigenvalue weighted by atomic mass is 10.1. The molecule has 6 nitrogen and oxygen atoms in total. The minimum Gasteiger partial charge on any atom is -0.356 e. The van der Waals surface area contributed by atoms with Crippen molar-refractivity contribution in [1.82, 2.24) is 25.4 Å². The van der Waals surface area contributed by atoms with E-state index in [0.29, 0.717) is 10.0 Å². The zero-order valence-corrected chi connectivity index (χ0v) is 20.8. The van der Waals surface area contributed by atoms with Gasteiger partial charge in [-0.15, -0.1) is 34.2 Å². The Balaban J connectivity index is 0.00000300. The summed E-state index contributed by atoms with van der Waals surface area (Å²) in [6, 6.07) is 5.73. The number of guanidine groups is 1. The van der Waals surface area contributed by atoms with Crippen LogP contribution in [0.3, 0.4) is 0 Å². The first kappa shape index (κ1) is 24.2. The van der Waals surface area contributed by atoms with E-state index >= 15 is 0 Å². The molecule has 9 heteroatoms. The Bertz CT molecular complexity index is 823. The van der Waals surface area contributed by atoms with Crippen LogP contribution in [0.1, 0.15) is 55.9 Å². The number of aryl methyl sites for hydroxylation is 2. The number of hydrogen-bond donors (Lipinski definition) is 2. The highest BCUT2D eigenvalue weighted by atomic mass is 127.